The van der Waals surface area contributed by atoms with Gasteiger partial charge in [0.2, 0.25) is 10.0 Å². The molecule has 0 N–H and O–H groups in total. The topological polar surface area (TPSA) is 57.7 Å². The zero-order chi connectivity index (χ0) is 20.6. The summed E-state index contributed by atoms with van der Waals surface area (Å²) in [6, 6.07) is 10.7. The highest BCUT2D eigenvalue weighted by Gasteiger charge is 2.32. The molecule has 2 aromatic carbocycles. The second-order valence-electron chi connectivity index (χ2n) is 7.82. The van der Waals surface area contributed by atoms with E-state index in [1.54, 1.807) is 33.5 Å². The van der Waals surface area contributed by atoms with Crippen molar-refractivity contribution in [3.8, 4) is 0 Å². The molecule has 29 heavy (non-hydrogen) atoms. The molecule has 1 amide bonds. The zero-order valence-corrected chi connectivity index (χ0v) is 17.3. The van der Waals surface area contributed by atoms with E-state index in [9.17, 15) is 17.6 Å². The zero-order valence-electron chi connectivity index (χ0n) is 16.5. The molecule has 1 fully saturated rings. The van der Waals surface area contributed by atoms with Crippen molar-refractivity contribution < 1.29 is 17.6 Å². The summed E-state index contributed by atoms with van der Waals surface area (Å²) in [5, 5.41) is 0. The Morgan fingerprint density at radius 3 is 2.69 bits per heavy atom. The first-order valence-corrected chi connectivity index (χ1v) is 11.5. The Kier molecular flexibility index (Phi) is 5.44. The SMILES string of the molecule is CC1CCCCN1S(=O)(=O)c1cccc(C(=O)N2CCCc3cc(F)ccc32)c1. The van der Waals surface area contributed by atoms with E-state index in [0.29, 0.717) is 24.3 Å². The summed E-state index contributed by atoms with van der Waals surface area (Å²) in [6.07, 6.45) is 4.19. The second-order valence-corrected chi connectivity index (χ2v) is 9.71. The minimum Gasteiger partial charge on any atom is -0.308 e. The summed E-state index contributed by atoms with van der Waals surface area (Å²) in [4.78, 5) is 15.0. The number of aryl methyl sites for hydroxylation is 1. The Balaban J connectivity index is 1.65. The normalized spacial score (nSPS) is 20.3. The van der Waals surface area contributed by atoms with E-state index in [1.165, 1.54) is 18.2 Å². The predicted octanol–water partition coefficient (Wildman–Crippen LogP) is 3.98. The lowest BCUT2D eigenvalue weighted by atomic mass is 10.0. The van der Waals surface area contributed by atoms with Crippen molar-refractivity contribution in [2.45, 2.75) is 50.0 Å². The van der Waals surface area contributed by atoms with Gasteiger partial charge in [-0.05, 0) is 74.6 Å². The maximum atomic E-state index is 13.6. The molecule has 0 radical (unpaired) electrons. The fourth-order valence-electron chi connectivity index (χ4n) is 4.29. The molecule has 1 atom stereocenters. The standard InChI is InChI=1S/C22H25FN2O3S/c1-16-6-2-3-13-25(16)29(27,28)20-9-4-7-18(15-20)22(26)24-12-5-8-17-14-19(23)10-11-21(17)24/h4,7,9-11,14-16H,2-3,5-6,8,12-13H2,1H3. The third kappa shape index (κ3) is 3.81. The molecule has 2 aromatic rings. The van der Waals surface area contributed by atoms with Crippen molar-refractivity contribution in [3.05, 3.63) is 59.4 Å². The molecule has 2 heterocycles. The maximum Gasteiger partial charge on any atom is 0.258 e. The number of amides is 1. The van der Waals surface area contributed by atoms with E-state index >= 15 is 0 Å². The van der Waals surface area contributed by atoms with Gasteiger partial charge in [0.05, 0.1) is 4.90 Å². The van der Waals surface area contributed by atoms with Crippen molar-refractivity contribution in [1.82, 2.24) is 4.31 Å². The van der Waals surface area contributed by atoms with E-state index in [1.807, 2.05) is 6.92 Å². The number of halogens is 1. The van der Waals surface area contributed by atoms with E-state index in [2.05, 4.69) is 0 Å². The number of carbonyl (C=O) groups is 1. The van der Waals surface area contributed by atoms with Gasteiger partial charge in [-0.3, -0.25) is 4.79 Å². The van der Waals surface area contributed by atoms with Crippen molar-refractivity contribution >= 4 is 21.6 Å². The lowest BCUT2D eigenvalue weighted by molar-refractivity contribution is 0.0985. The van der Waals surface area contributed by atoms with Crippen LogP contribution in [0.25, 0.3) is 0 Å². The van der Waals surface area contributed by atoms with E-state index in [0.717, 1.165) is 37.7 Å². The number of carbonyl (C=O) groups excluding carboxylic acids is 1. The molecule has 1 unspecified atom stereocenters. The molecule has 0 saturated carbocycles. The first kappa shape index (κ1) is 20.0. The molecule has 0 aliphatic carbocycles. The van der Waals surface area contributed by atoms with Crippen LogP contribution < -0.4 is 4.90 Å². The molecule has 2 aliphatic rings. The van der Waals surface area contributed by atoms with E-state index < -0.39 is 10.0 Å². The largest absolute Gasteiger partial charge is 0.308 e. The fraction of sp³-hybridized carbons (Fsp3) is 0.409. The Bertz CT molecular complexity index is 1040. The Morgan fingerprint density at radius 2 is 1.90 bits per heavy atom. The molecular formula is C22H25FN2O3S. The number of rotatable bonds is 3. The average Bonchev–Trinajstić information content (AvgIpc) is 2.73. The molecule has 0 bridgehead atoms. The van der Waals surface area contributed by atoms with Crippen molar-refractivity contribution in [2.75, 3.05) is 18.0 Å². The molecule has 154 valence electrons. The monoisotopic (exact) mass is 416 g/mol. The van der Waals surface area contributed by atoms with Gasteiger partial charge in [-0.1, -0.05) is 12.5 Å². The lowest BCUT2D eigenvalue weighted by Gasteiger charge is -2.32. The minimum atomic E-state index is -3.65. The number of fused-ring (bicyclic) bond motifs is 1. The van der Waals surface area contributed by atoms with Gasteiger partial charge in [-0.15, -0.1) is 0 Å². The molecule has 7 heteroatoms. The summed E-state index contributed by atoms with van der Waals surface area (Å²) in [5.41, 5.74) is 1.82. The summed E-state index contributed by atoms with van der Waals surface area (Å²) in [7, 11) is -3.65. The Morgan fingerprint density at radius 1 is 1.07 bits per heavy atom. The highest BCUT2D eigenvalue weighted by Crippen LogP contribution is 2.30. The van der Waals surface area contributed by atoms with Crippen LogP contribution in [0.5, 0.6) is 0 Å². The van der Waals surface area contributed by atoms with Crippen molar-refractivity contribution in [1.29, 1.82) is 0 Å². The molecule has 2 aliphatic heterocycles. The Hall–Kier alpha value is -2.25. The maximum absolute atomic E-state index is 13.6. The second kappa shape index (κ2) is 7.88. The third-order valence-electron chi connectivity index (χ3n) is 5.83. The molecule has 5 nitrogen and oxygen atoms in total. The summed E-state index contributed by atoms with van der Waals surface area (Å²) >= 11 is 0. The van der Waals surface area contributed by atoms with Crippen LogP contribution in [-0.4, -0.2) is 37.8 Å². The highest BCUT2D eigenvalue weighted by molar-refractivity contribution is 7.89. The first-order valence-electron chi connectivity index (χ1n) is 10.1. The molecule has 0 aromatic heterocycles. The van der Waals surface area contributed by atoms with Crippen LogP contribution in [0.3, 0.4) is 0 Å². The quantitative estimate of drug-likeness (QED) is 0.760. The number of piperidine rings is 1. The highest BCUT2D eigenvalue weighted by atomic mass is 32.2. The van der Waals surface area contributed by atoms with Gasteiger partial charge in [0.1, 0.15) is 5.82 Å². The summed E-state index contributed by atoms with van der Waals surface area (Å²) in [5.74, 6) is -0.580. The third-order valence-corrected chi connectivity index (χ3v) is 7.84. The first-order chi connectivity index (χ1) is 13.9. The lowest BCUT2D eigenvalue weighted by Crippen LogP contribution is -2.42. The van der Waals surface area contributed by atoms with Gasteiger partial charge in [-0.25, -0.2) is 12.8 Å². The van der Waals surface area contributed by atoms with Gasteiger partial charge in [0.15, 0.2) is 0 Å². The number of nitrogens with zero attached hydrogens (tertiary/aromatic N) is 2. The van der Waals surface area contributed by atoms with Crippen molar-refractivity contribution in [3.63, 3.8) is 0 Å². The Labute approximate surface area is 171 Å². The van der Waals surface area contributed by atoms with Crippen LogP contribution in [0.2, 0.25) is 0 Å². The average molecular weight is 417 g/mol. The van der Waals surface area contributed by atoms with Crippen LogP contribution in [0.1, 0.15) is 48.5 Å². The smallest absolute Gasteiger partial charge is 0.258 e. The van der Waals surface area contributed by atoms with Gasteiger partial charge in [0, 0.05) is 30.4 Å². The van der Waals surface area contributed by atoms with Crippen LogP contribution in [-0.2, 0) is 16.4 Å². The van der Waals surface area contributed by atoms with Gasteiger partial charge >= 0.3 is 0 Å². The van der Waals surface area contributed by atoms with Gasteiger partial charge in [-0.2, -0.15) is 4.31 Å². The predicted molar refractivity (Wildman–Crippen MR) is 110 cm³/mol. The van der Waals surface area contributed by atoms with Crippen LogP contribution in [0.4, 0.5) is 10.1 Å². The van der Waals surface area contributed by atoms with Crippen molar-refractivity contribution in [2.24, 2.45) is 0 Å². The summed E-state index contributed by atoms with van der Waals surface area (Å²) in [6.45, 7) is 2.96. The molecular weight excluding hydrogens is 391 g/mol. The van der Waals surface area contributed by atoms with Gasteiger partial charge in [0.25, 0.3) is 5.91 Å². The number of hydrogen-bond acceptors (Lipinski definition) is 3. The van der Waals surface area contributed by atoms with Gasteiger partial charge < -0.3 is 4.90 Å². The van der Waals surface area contributed by atoms with Crippen LogP contribution in [0, 0.1) is 5.82 Å². The van der Waals surface area contributed by atoms with E-state index in [-0.39, 0.29) is 22.7 Å². The molecule has 1 saturated heterocycles. The molecule has 0 spiro atoms. The minimum absolute atomic E-state index is 0.0445. The number of anilines is 1. The van der Waals surface area contributed by atoms with Crippen LogP contribution >= 0.6 is 0 Å². The van der Waals surface area contributed by atoms with E-state index in [4.69, 9.17) is 0 Å². The fourth-order valence-corrected chi connectivity index (χ4v) is 6.03. The number of sulfonamides is 1. The number of hydrogen-bond donors (Lipinski definition) is 0. The number of benzene rings is 2. The molecule has 4 rings (SSSR count). The summed E-state index contributed by atoms with van der Waals surface area (Å²) < 4.78 is 41.4. The van der Waals surface area contributed by atoms with Crippen LogP contribution in [0.15, 0.2) is 47.4 Å².